The highest BCUT2D eigenvalue weighted by Gasteiger charge is 2.12. The molecule has 1 amide bonds. The summed E-state index contributed by atoms with van der Waals surface area (Å²) in [6.07, 6.45) is 0.855. The second-order valence-electron chi connectivity index (χ2n) is 4.61. The second-order valence-corrected chi connectivity index (χ2v) is 4.61. The van der Waals surface area contributed by atoms with Gasteiger partial charge in [0, 0.05) is 12.1 Å². The lowest BCUT2D eigenvalue weighted by molar-refractivity contribution is -0.136. The Bertz CT molecular complexity index is 628. The average molecular weight is 287 g/mol. The minimum atomic E-state index is -0.952. The predicted octanol–water partition coefficient (Wildman–Crippen LogP) is 2.71. The number of rotatable bonds is 6. The van der Waals surface area contributed by atoms with Crippen LogP contribution >= 0.6 is 0 Å². The van der Waals surface area contributed by atoms with E-state index in [0.29, 0.717) is 5.76 Å². The van der Waals surface area contributed by atoms with Gasteiger partial charge in [-0.25, -0.2) is 0 Å². The van der Waals surface area contributed by atoms with Crippen molar-refractivity contribution in [3.05, 3.63) is 47.7 Å². The Hall–Kier alpha value is -2.56. The zero-order valence-electron chi connectivity index (χ0n) is 11.8. The molecule has 110 valence electrons. The van der Waals surface area contributed by atoms with Crippen molar-refractivity contribution in [2.45, 2.75) is 19.8 Å². The molecule has 2 N–H and O–H groups in total. The first-order chi connectivity index (χ1) is 10.1. The fourth-order valence-electron chi connectivity index (χ4n) is 1.89. The maximum atomic E-state index is 11.8. The zero-order valence-corrected chi connectivity index (χ0v) is 11.8. The summed E-state index contributed by atoms with van der Waals surface area (Å²) in [4.78, 5) is 22.2. The summed E-state index contributed by atoms with van der Waals surface area (Å²) < 4.78 is 5.50. The summed E-state index contributed by atoms with van der Waals surface area (Å²) in [7, 11) is 0. The molecule has 0 aliphatic carbocycles. The number of carboxylic acids is 1. The molecule has 0 aliphatic heterocycles. The van der Waals surface area contributed by atoms with Crippen LogP contribution in [0.25, 0.3) is 11.3 Å². The third-order valence-electron chi connectivity index (χ3n) is 3.10. The largest absolute Gasteiger partial charge is 0.481 e. The van der Waals surface area contributed by atoms with Crippen molar-refractivity contribution in [1.82, 2.24) is 5.32 Å². The van der Waals surface area contributed by atoms with Crippen LogP contribution in [-0.2, 0) is 11.2 Å². The minimum absolute atomic E-state index is 0.0788. The molecule has 0 aliphatic rings. The number of aliphatic carboxylic acids is 1. The van der Waals surface area contributed by atoms with Gasteiger partial charge in [0.25, 0.3) is 5.91 Å². The number of carbonyl (C=O) groups is 2. The first-order valence-electron chi connectivity index (χ1n) is 6.79. The van der Waals surface area contributed by atoms with Gasteiger partial charge in [-0.1, -0.05) is 31.2 Å². The van der Waals surface area contributed by atoms with Gasteiger partial charge in [0.05, 0.1) is 6.42 Å². The van der Waals surface area contributed by atoms with E-state index in [9.17, 15) is 9.59 Å². The minimum Gasteiger partial charge on any atom is -0.481 e. The van der Waals surface area contributed by atoms with E-state index in [-0.39, 0.29) is 18.7 Å². The van der Waals surface area contributed by atoms with Crippen molar-refractivity contribution in [1.29, 1.82) is 0 Å². The molecule has 2 aromatic rings. The van der Waals surface area contributed by atoms with Crippen LogP contribution in [0.2, 0.25) is 0 Å². The molecule has 2 rings (SSSR count). The topological polar surface area (TPSA) is 79.5 Å². The van der Waals surface area contributed by atoms with E-state index in [1.165, 1.54) is 5.56 Å². The molecule has 0 radical (unpaired) electrons. The standard InChI is InChI=1S/C16H17NO4/c1-2-11-3-5-12(6-4-11)13-7-8-14(21-13)16(20)17-10-9-15(18)19/h3-8H,2,9-10H2,1H3,(H,17,20)(H,18,19). The summed E-state index contributed by atoms with van der Waals surface area (Å²) in [5.41, 5.74) is 2.13. The van der Waals surface area contributed by atoms with Gasteiger partial charge in [0.2, 0.25) is 0 Å². The van der Waals surface area contributed by atoms with E-state index in [2.05, 4.69) is 12.2 Å². The van der Waals surface area contributed by atoms with Crippen molar-refractivity contribution < 1.29 is 19.1 Å². The highest BCUT2D eigenvalue weighted by molar-refractivity contribution is 5.92. The maximum Gasteiger partial charge on any atom is 0.305 e. The van der Waals surface area contributed by atoms with Gasteiger partial charge in [0.15, 0.2) is 5.76 Å². The van der Waals surface area contributed by atoms with Crippen LogP contribution < -0.4 is 5.32 Å². The third kappa shape index (κ3) is 3.95. The fraction of sp³-hybridized carbons (Fsp3) is 0.250. The van der Waals surface area contributed by atoms with Gasteiger partial charge in [-0.05, 0) is 24.1 Å². The molecule has 0 bridgehead atoms. The SMILES string of the molecule is CCc1ccc(-c2ccc(C(=O)NCCC(=O)O)o2)cc1. The van der Waals surface area contributed by atoms with Gasteiger partial charge in [0.1, 0.15) is 5.76 Å². The lowest BCUT2D eigenvalue weighted by Crippen LogP contribution is -2.25. The first-order valence-corrected chi connectivity index (χ1v) is 6.79. The average Bonchev–Trinajstić information content (AvgIpc) is 2.97. The molecule has 1 aromatic carbocycles. The zero-order chi connectivity index (χ0) is 15.2. The lowest BCUT2D eigenvalue weighted by atomic mass is 10.1. The summed E-state index contributed by atoms with van der Waals surface area (Å²) in [6.45, 7) is 2.16. The monoisotopic (exact) mass is 287 g/mol. The lowest BCUT2D eigenvalue weighted by Gasteiger charge is -2.01. The normalized spacial score (nSPS) is 10.3. The Kier molecular flexibility index (Phi) is 4.77. The quantitative estimate of drug-likeness (QED) is 0.856. The number of aryl methyl sites for hydroxylation is 1. The van der Waals surface area contributed by atoms with Crippen LogP contribution in [0.5, 0.6) is 0 Å². The molecule has 1 aromatic heterocycles. The molecule has 5 heteroatoms. The number of furan rings is 1. The number of nitrogens with one attached hydrogen (secondary N) is 1. The van der Waals surface area contributed by atoms with Crippen molar-refractivity contribution in [3.8, 4) is 11.3 Å². The Morgan fingerprint density at radius 2 is 1.86 bits per heavy atom. The van der Waals surface area contributed by atoms with Crippen molar-refractivity contribution in [3.63, 3.8) is 0 Å². The first kappa shape index (κ1) is 14.8. The Labute approximate surface area is 122 Å². The molecular weight excluding hydrogens is 270 g/mol. The highest BCUT2D eigenvalue weighted by atomic mass is 16.4. The molecule has 0 spiro atoms. The van der Waals surface area contributed by atoms with Crippen LogP contribution in [-0.4, -0.2) is 23.5 Å². The van der Waals surface area contributed by atoms with Crippen LogP contribution in [0, 0.1) is 0 Å². The number of hydrogen-bond acceptors (Lipinski definition) is 3. The summed E-state index contributed by atoms with van der Waals surface area (Å²) in [5.74, 6) is -0.574. The van der Waals surface area contributed by atoms with E-state index in [1.807, 2.05) is 24.3 Å². The predicted molar refractivity (Wildman–Crippen MR) is 78.1 cm³/mol. The van der Waals surface area contributed by atoms with Gasteiger partial charge >= 0.3 is 5.97 Å². The number of carbonyl (C=O) groups excluding carboxylic acids is 1. The Balaban J connectivity index is 2.03. The molecule has 5 nitrogen and oxygen atoms in total. The van der Waals surface area contributed by atoms with Crippen molar-refractivity contribution in [2.75, 3.05) is 6.54 Å². The third-order valence-corrected chi connectivity index (χ3v) is 3.10. The summed E-state index contributed by atoms with van der Waals surface area (Å²) in [6, 6.07) is 11.2. The Morgan fingerprint density at radius 3 is 2.48 bits per heavy atom. The van der Waals surface area contributed by atoms with Crippen LogP contribution in [0.4, 0.5) is 0 Å². The molecular formula is C16H17NO4. The molecule has 0 unspecified atom stereocenters. The summed E-state index contributed by atoms with van der Waals surface area (Å²) in [5, 5.41) is 11.0. The smallest absolute Gasteiger partial charge is 0.305 e. The number of amides is 1. The van der Waals surface area contributed by atoms with Crippen LogP contribution in [0.1, 0.15) is 29.5 Å². The van der Waals surface area contributed by atoms with Gasteiger partial charge < -0.3 is 14.8 Å². The van der Waals surface area contributed by atoms with Crippen LogP contribution in [0.15, 0.2) is 40.8 Å². The van der Waals surface area contributed by atoms with Crippen molar-refractivity contribution >= 4 is 11.9 Å². The molecule has 0 atom stereocenters. The Morgan fingerprint density at radius 1 is 1.14 bits per heavy atom. The maximum absolute atomic E-state index is 11.8. The highest BCUT2D eigenvalue weighted by Crippen LogP contribution is 2.22. The molecule has 0 saturated heterocycles. The van der Waals surface area contributed by atoms with Crippen molar-refractivity contribution in [2.24, 2.45) is 0 Å². The van der Waals surface area contributed by atoms with E-state index in [1.54, 1.807) is 12.1 Å². The number of hydrogen-bond donors (Lipinski definition) is 2. The summed E-state index contributed by atoms with van der Waals surface area (Å²) >= 11 is 0. The second kappa shape index (κ2) is 6.74. The van der Waals surface area contributed by atoms with Gasteiger partial charge in [-0.3, -0.25) is 9.59 Å². The van der Waals surface area contributed by atoms with E-state index >= 15 is 0 Å². The van der Waals surface area contributed by atoms with E-state index in [0.717, 1.165) is 12.0 Å². The van der Waals surface area contributed by atoms with Crippen LogP contribution in [0.3, 0.4) is 0 Å². The van der Waals surface area contributed by atoms with Gasteiger partial charge in [-0.2, -0.15) is 0 Å². The van der Waals surface area contributed by atoms with E-state index in [4.69, 9.17) is 9.52 Å². The molecule has 0 saturated carbocycles. The van der Waals surface area contributed by atoms with Gasteiger partial charge in [-0.15, -0.1) is 0 Å². The molecule has 21 heavy (non-hydrogen) atoms. The number of carboxylic acid groups (broad SMARTS) is 1. The van der Waals surface area contributed by atoms with E-state index < -0.39 is 11.9 Å². The molecule has 0 fully saturated rings. The molecule has 1 heterocycles. The fourth-order valence-corrected chi connectivity index (χ4v) is 1.89. The number of benzene rings is 1.